The Morgan fingerprint density at radius 3 is 2.47 bits per heavy atom. The molecule has 1 aromatic heterocycles. The van der Waals surface area contributed by atoms with Gasteiger partial charge in [0.15, 0.2) is 5.69 Å². The summed E-state index contributed by atoms with van der Waals surface area (Å²) in [6, 6.07) is 4.22. The largest absolute Gasteiger partial charge is 0.434 e. The number of aromatic nitrogens is 1. The van der Waals surface area contributed by atoms with E-state index in [1.807, 2.05) is 0 Å². The number of hydrogen-bond donors (Lipinski definition) is 1. The Kier molecular flexibility index (Phi) is 3.60. The van der Waals surface area contributed by atoms with Crippen LogP contribution in [0.4, 0.5) is 17.6 Å². The monoisotopic (exact) mass is 290 g/mol. The summed E-state index contributed by atoms with van der Waals surface area (Å²) >= 11 is 0.831. The highest BCUT2D eigenvalue weighted by molar-refractivity contribution is 7.15. The van der Waals surface area contributed by atoms with Gasteiger partial charge in [-0.15, -0.1) is 11.3 Å². The lowest BCUT2D eigenvalue weighted by molar-refractivity contribution is -0.141. The van der Waals surface area contributed by atoms with E-state index in [2.05, 4.69) is 4.98 Å². The average molecular weight is 290 g/mol. The summed E-state index contributed by atoms with van der Waals surface area (Å²) in [6.45, 7) is 1.33. The van der Waals surface area contributed by atoms with Crippen molar-refractivity contribution in [2.45, 2.75) is 19.6 Å². The molecule has 2 N–H and O–H groups in total. The van der Waals surface area contributed by atoms with Crippen LogP contribution in [0.2, 0.25) is 0 Å². The van der Waals surface area contributed by atoms with Crippen molar-refractivity contribution in [3.8, 4) is 10.6 Å². The van der Waals surface area contributed by atoms with Gasteiger partial charge in [-0.3, -0.25) is 0 Å². The van der Waals surface area contributed by atoms with E-state index >= 15 is 0 Å². The molecule has 2 rings (SSSR count). The summed E-state index contributed by atoms with van der Waals surface area (Å²) < 4.78 is 51.6. The molecule has 0 bridgehead atoms. The van der Waals surface area contributed by atoms with Crippen LogP contribution in [-0.2, 0) is 12.7 Å². The topological polar surface area (TPSA) is 38.9 Å². The maximum absolute atomic E-state index is 13.4. The van der Waals surface area contributed by atoms with Gasteiger partial charge in [-0.25, -0.2) is 9.37 Å². The summed E-state index contributed by atoms with van der Waals surface area (Å²) in [5.41, 5.74) is 5.04. The number of benzene rings is 1. The Labute approximate surface area is 110 Å². The highest BCUT2D eigenvalue weighted by atomic mass is 32.1. The molecular formula is C12H10F4N2S. The first-order valence-electron chi connectivity index (χ1n) is 5.36. The van der Waals surface area contributed by atoms with Gasteiger partial charge in [0.2, 0.25) is 0 Å². The number of halogens is 4. The molecule has 0 radical (unpaired) electrons. The van der Waals surface area contributed by atoms with Gasteiger partial charge in [0.05, 0.1) is 4.88 Å². The predicted molar refractivity (Wildman–Crippen MR) is 65.1 cm³/mol. The van der Waals surface area contributed by atoms with E-state index in [0.29, 0.717) is 11.1 Å². The molecule has 2 aromatic rings. The lowest BCUT2D eigenvalue weighted by atomic mass is 10.1. The van der Waals surface area contributed by atoms with Crippen molar-refractivity contribution in [3.63, 3.8) is 0 Å². The Bertz CT molecular complexity index is 604. The smallest absolute Gasteiger partial charge is 0.326 e. The van der Waals surface area contributed by atoms with E-state index < -0.39 is 17.7 Å². The van der Waals surface area contributed by atoms with Crippen molar-refractivity contribution in [3.05, 3.63) is 40.2 Å². The fourth-order valence-corrected chi connectivity index (χ4v) is 2.52. The lowest BCUT2D eigenvalue weighted by Crippen LogP contribution is -2.10. The molecule has 0 fully saturated rings. The zero-order valence-electron chi connectivity index (χ0n) is 9.88. The molecule has 19 heavy (non-hydrogen) atoms. The molecule has 0 aliphatic rings. The van der Waals surface area contributed by atoms with E-state index in [9.17, 15) is 17.6 Å². The maximum atomic E-state index is 13.4. The fraction of sp³-hybridized carbons (Fsp3) is 0.250. The number of alkyl halides is 3. The van der Waals surface area contributed by atoms with Crippen molar-refractivity contribution in [1.82, 2.24) is 4.98 Å². The van der Waals surface area contributed by atoms with Crippen LogP contribution in [0.15, 0.2) is 18.2 Å². The molecule has 0 amide bonds. The van der Waals surface area contributed by atoms with Gasteiger partial charge in [0.1, 0.15) is 10.8 Å². The third kappa shape index (κ3) is 2.76. The van der Waals surface area contributed by atoms with Gasteiger partial charge in [-0.05, 0) is 18.6 Å². The first-order chi connectivity index (χ1) is 8.82. The first-order valence-corrected chi connectivity index (χ1v) is 6.18. The van der Waals surface area contributed by atoms with Crippen LogP contribution in [0, 0.1) is 12.7 Å². The van der Waals surface area contributed by atoms with E-state index in [0.717, 1.165) is 11.3 Å². The number of rotatable bonds is 2. The average Bonchev–Trinajstić information content (AvgIpc) is 2.76. The first kappa shape index (κ1) is 14.0. The quantitative estimate of drug-likeness (QED) is 0.856. The molecule has 0 unspecified atom stereocenters. The molecule has 0 saturated heterocycles. The maximum Gasteiger partial charge on any atom is 0.434 e. The lowest BCUT2D eigenvalue weighted by Gasteiger charge is -2.03. The molecule has 0 aliphatic carbocycles. The Balaban J connectivity index is 2.51. The molecule has 0 aliphatic heterocycles. The zero-order chi connectivity index (χ0) is 14.2. The molecule has 0 saturated carbocycles. The van der Waals surface area contributed by atoms with Crippen LogP contribution in [0.25, 0.3) is 10.6 Å². The third-order valence-corrected chi connectivity index (χ3v) is 3.70. The molecular weight excluding hydrogens is 280 g/mol. The summed E-state index contributed by atoms with van der Waals surface area (Å²) in [5, 5.41) is 0.117. The minimum Gasteiger partial charge on any atom is -0.326 e. The van der Waals surface area contributed by atoms with Crippen molar-refractivity contribution in [2.24, 2.45) is 5.73 Å². The molecule has 0 atom stereocenters. The molecule has 2 nitrogen and oxygen atoms in total. The van der Waals surface area contributed by atoms with Crippen molar-refractivity contribution in [2.75, 3.05) is 0 Å². The molecule has 7 heteroatoms. The second kappa shape index (κ2) is 4.90. The minimum absolute atomic E-state index is 0.0523. The van der Waals surface area contributed by atoms with Gasteiger partial charge in [0.25, 0.3) is 0 Å². The number of aryl methyl sites for hydroxylation is 1. The second-order valence-electron chi connectivity index (χ2n) is 3.96. The van der Waals surface area contributed by atoms with Gasteiger partial charge < -0.3 is 5.73 Å². The zero-order valence-corrected chi connectivity index (χ0v) is 10.7. The number of nitrogens with two attached hydrogens (primary N) is 1. The second-order valence-corrected chi connectivity index (χ2v) is 5.04. The van der Waals surface area contributed by atoms with Crippen LogP contribution in [0.1, 0.15) is 16.1 Å². The van der Waals surface area contributed by atoms with Gasteiger partial charge in [0, 0.05) is 12.1 Å². The Hall–Kier alpha value is -1.47. The van der Waals surface area contributed by atoms with Crippen LogP contribution >= 0.6 is 11.3 Å². The van der Waals surface area contributed by atoms with Crippen LogP contribution in [0.5, 0.6) is 0 Å². The Morgan fingerprint density at radius 2 is 2.00 bits per heavy atom. The molecule has 0 spiro atoms. The Morgan fingerprint density at radius 1 is 1.32 bits per heavy atom. The fourth-order valence-electron chi connectivity index (χ4n) is 1.56. The van der Waals surface area contributed by atoms with E-state index in [4.69, 9.17) is 5.73 Å². The van der Waals surface area contributed by atoms with E-state index in [1.165, 1.54) is 18.2 Å². The summed E-state index contributed by atoms with van der Waals surface area (Å²) in [5.74, 6) is -0.476. The summed E-state index contributed by atoms with van der Waals surface area (Å²) in [4.78, 5) is 3.49. The minimum atomic E-state index is -4.55. The molecule has 1 heterocycles. The predicted octanol–water partition coefficient (Wildman–Crippen LogP) is 3.74. The van der Waals surface area contributed by atoms with E-state index in [1.54, 1.807) is 6.92 Å². The van der Waals surface area contributed by atoms with Crippen LogP contribution < -0.4 is 5.73 Å². The van der Waals surface area contributed by atoms with Crippen molar-refractivity contribution in [1.29, 1.82) is 0 Å². The van der Waals surface area contributed by atoms with Crippen molar-refractivity contribution < 1.29 is 17.6 Å². The molecule has 102 valence electrons. The molecule has 1 aromatic carbocycles. The van der Waals surface area contributed by atoms with Crippen LogP contribution in [-0.4, -0.2) is 4.98 Å². The number of thiazole rings is 1. The number of nitrogens with zero attached hydrogens (tertiary/aromatic N) is 1. The normalized spacial score (nSPS) is 11.9. The highest BCUT2D eigenvalue weighted by Crippen LogP contribution is 2.37. The van der Waals surface area contributed by atoms with Crippen molar-refractivity contribution >= 4 is 11.3 Å². The van der Waals surface area contributed by atoms with Gasteiger partial charge in [-0.2, -0.15) is 13.2 Å². The van der Waals surface area contributed by atoms with E-state index in [-0.39, 0.29) is 16.4 Å². The highest BCUT2D eigenvalue weighted by Gasteiger charge is 2.37. The SMILES string of the molecule is Cc1ccc(-c2nc(C(F)(F)F)c(CN)s2)cc1F. The van der Waals surface area contributed by atoms with Gasteiger partial charge >= 0.3 is 6.18 Å². The summed E-state index contributed by atoms with van der Waals surface area (Å²) in [6.07, 6.45) is -4.55. The van der Waals surface area contributed by atoms with Crippen LogP contribution in [0.3, 0.4) is 0 Å². The third-order valence-electron chi connectivity index (χ3n) is 2.57. The standard InChI is InChI=1S/C12H10F4N2S/c1-6-2-3-7(4-8(6)13)11-18-10(12(14,15)16)9(5-17)19-11/h2-4H,5,17H2,1H3. The summed E-state index contributed by atoms with van der Waals surface area (Å²) in [7, 11) is 0. The number of hydrogen-bond acceptors (Lipinski definition) is 3. The van der Waals surface area contributed by atoms with Gasteiger partial charge in [-0.1, -0.05) is 12.1 Å².